The van der Waals surface area contributed by atoms with Crippen molar-refractivity contribution in [2.24, 2.45) is 0 Å². The third kappa shape index (κ3) is 3.19. The first-order valence-electron chi connectivity index (χ1n) is 6.98. The fourth-order valence-corrected chi connectivity index (χ4v) is 2.03. The molecule has 7 heteroatoms. The van der Waals surface area contributed by atoms with Gasteiger partial charge in [-0.25, -0.2) is 13.8 Å². The average molecular weight is 317 g/mol. The Bertz CT molecular complexity index is 749. The third-order valence-corrected chi connectivity index (χ3v) is 3.46. The molecule has 1 aromatic carbocycles. The lowest BCUT2D eigenvalue weighted by Gasteiger charge is -2.15. The highest BCUT2D eigenvalue weighted by molar-refractivity contribution is 6.62. The van der Waals surface area contributed by atoms with Gasteiger partial charge >= 0.3 is 7.12 Å². The van der Waals surface area contributed by atoms with E-state index < -0.39 is 24.4 Å². The predicted octanol–water partition coefficient (Wildman–Crippen LogP) is 3.19. The Morgan fingerprint density at radius 3 is 2.57 bits per heavy atom. The minimum atomic E-state index is -0.795. The minimum Gasteiger partial charge on any atom is -0.534 e. The van der Waals surface area contributed by atoms with Crippen molar-refractivity contribution in [2.45, 2.75) is 19.4 Å². The molecule has 2 heterocycles. The molecule has 1 saturated heterocycles. The highest BCUT2D eigenvalue weighted by Gasteiger charge is 2.42. The Morgan fingerprint density at radius 2 is 2.00 bits per heavy atom. The minimum absolute atomic E-state index is 0.102. The Kier molecular flexibility index (Phi) is 3.81. The van der Waals surface area contributed by atoms with Gasteiger partial charge in [0.15, 0.2) is 11.6 Å². The molecule has 0 aliphatic carbocycles. The van der Waals surface area contributed by atoms with E-state index >= 15 is 0 Å². The highest BCUT2D eigenvalue weighted by Crippen LogP contribution is 2.29. The van der Waals surface area contributed by atoms with Crippen molar-refractivity contribution in [1.29, 1.82) is 0 Å². The highest BCUT2D eigenvalue weighted by atomic mass is 19.1. The first kappa shape index (κ1) is 15.5. The molecule has 0 amide bonds. The number of aromatic nitrogens is 1. The van der Waals surface area contributed by atoms with Crippen molar-refractivity contribution in [1.82, 2.24) is 4.98 Å². The number of rotatable bonds is 3. The van der Waals surface area contributed by atoms with E-state index in [2.05, 4.69) is 11.6 Å². The predicted molar refractivity (Wildman–Crippen MR) is 81.4 cm³/mol. The molecule has 0 spiro atoms. The van der Waals surface area contributed by atoms with Crippen LogP contribution in [0.2, 0.25) is 0 Å². The molecule has 1 aliphatic rings. The van der Waals surface area contributed by atoms with Crippen molar-refractivity contribution in [2.75, 3.05) is 0 Å². The molecule has 1 aromatic heterocycles. The van der Waals surface area contributed by atoms with E-state index in [-0.39, 0.29) is 11.6 Å². The van der Waals surface area contributed by atoms with Crippen LogP contribution in [-0.2, 0) is 9.31 Å². The van der Waals surface area contributed by atoms with Gasteiger partial charge in [0.05, 0.1) is 5.76 Å². The molecule has 0 unspecified atom stereocenters. The Balaban J connectivity index is 1.74. The van der Waals surface area contributed by atoms with E-state index in [4.69, 9.17) is 14.0 Å². The summed E-state index contributed by atoms with van der Waals surface area (Å²) >= 11 is 0. The number of nitrogens with zero attached hydrogens (tertiary/aromatic N) is 1. The van der Waals surface area contributed by atoms with E-state index in [1.165, 1.54) is 12.3 Å². The van der Waals surface area contributed by atoms with E-state index in [0.29, 0.717) is 11.2 Å². The normalized spacial score (nSPS) is 16.3. The SMILES string of the molecule is C=C1OB(c2ccc(Oc3ccc(F)cc3F)nc2)OC1(C)C. The largest absolute Gasteiger partial charge is 0.564 e. The molecule has 23 heavy (non-hydrogen) atoms. The van der Waals surface area contributed by atoms with Crippen LogP contribution in [0, 0.1) is 11.6 Å². The number of benzene rings is 1. The fraction of sp³-hybridized carbons (Fsp3) is 0.188. The van der Waals surface area contributed by atoms with Crippen LogP contribution in [0.5, 0.6) is 11.6 Å². The molecule has 3 rings (SSSR count). The summed E-state index contributed by atoms with van der Waals surface area (Å²) in [5.41, 5.74) is 0.112. The number of hydrogen-bond acceptors (Lipinski definition) is 4. The molecule has 2 aromatic rings. The second-order valence-corrected chi connectivity index (χ2v) is 5.61. The van der Waals surface area contributed by atoms with Gasteiger partial charge < -0.3 is 14.0 Å². The summed E-state index contributed by atoms with van der Waals surface area (Å²) in [6.07, 6.45) is 1.51. The van der Waals surface area contributed by atoms with Gasteiger partial charge in [0.1, 0.15) is 11.4 Å². The van der Waals surface area contributed by atoms with Crippen LogP contribution >= 0.6 is 0 Å². The summed E-state index contributed by atoms with van der Waals surface area (Å²) in [5, 5.41) is 0. The Labute approximate surface area is 132 Å². The van der Waals surface area contributed by atoms with E-state index in [9.17, 15) is 8.78 Å². The topological polar surface area (TPSA) is 40.6 Å². The van der Waals surface area contributed by atoms with Crippen LogP contribution < -0.4 is 10.2 Å². The first-order chi connectivity index (χ1) is 10.8. The number of ether oxygens (including phenoxy) is 1. The number of pyridine rings is 1. The lowest BCUT2D eigenvalue weighted by Crippen LogP contribution is -2.34. The Hall–Kier alpha value is -2.41. The monoisotopic (exact) mass is 317 g/mol. The molecule has 0 N–H and O–H groups in total. The van der Waals surface area contributed by atoms with Gasteiger partial charge in [-0.05, 0) is 26.0 Å². The second kappa shape index (κ2) is 5.66. The zero-order chi connectivity index (χ0) is 16.6. The summed E-state index contributed by atoms with van der Waals surface area (Å²) in [6.45, 7) is 7.53. The molecule has 0 radical (unpaired) electrons. The van der Waals surface area contributed by atoms with Gasteiger partial charge in [0.2, 0.25) is 5.88 Å². The zero-order valence-corrected chi connectivity index (χ0v) is 12.7. The van der Waals surface area contributed by atoms with Gasteiger partial charge in [0, 0.05) is 23.8 Å². The molecule has 0 atom stereocenters. The molecule has 0 bridgehead atoms. The molecular formula is C16H14BF2NO3. The third-order valence-electron chi connectivity index (χ3n) is 3.46. The molecular weight excluding hydrogens is 303 g/mol. The van der Waals surface area contributed by atoms with Crippen LogP contribution in [0.4, 0.5) is 8.78 Å². The lowest BCUT2D eigenvalue weighted by atomic mass is 9.80. The van der Waals surface area contributed by atoms with Crippen LogP contribution in [-0.4, -0.2) is 17.7 Å². The van der Waals surface area contributed by atoms with Gasteiger partial charge in [-0.3, -0.25) is 0 Å². The van der Waals surface area contributed by atoms with Gasteiger partial charge in [-0.2, -0.15) is 0 Å². The van der Waals surface area contributed by atoms with E-state index in [1.807, 2.05) is 13.8 Å². The van der Waals surface area contributed by atoms with Crippen LogP contribution in [0.15, 0.2) is 48.9 Å². The van der Waals surface area contributed by atoms with Gasteiger partial charge in [-0.15, -0.1) is 0 Å². The van der Waals surface area contributed by atoms with Crippen molar-refractivity contribution in [3.05, 3.63) is 60.5 Å². The van der Waals surface area contributed by atoms with Gasteiger partial charge in [0.25, 0.3) is 0 Å². The Morgan fingerprint density at radius 1 is 1.22 bits per heavy atom. The summed E-state index contributed by atoms with van der Waals surface area (Å²) in [5.74, 6) is -0.853. The maximum atomic E-state index is 13.5. The van der Waals surface area contributed by atoms with E-state index in [0.717, 1.165) is 12.1 Å². The summed E-state index contributed by atoms with van der Waals surface area (Å²) in [7, 11) is -0.596. The maximum Gasteiger partial charge on any atom is 0.564 e. The van der Waals surface area contributed by atoms with Crippen LogP contribution in [0.25, 0.3) is 0 Å². The van der Waals surface area contributed by atoms with Crippen LogP contribution in [0.3, 0.4) is 0 Å². The smallest absolute Gasteiger partial charge is 0.534 e. The summed E-state index contributed by atoms with van der Waals surface area (Å²) < 4.78 is 43.0. The second-order valence-electron chi connectivity index (χ2n) is 5.61. The molecule has 1 aliphatic heterocycles. The van der Waals surface area contributed by atoms with Crippen LogP contribution in [0.1, 0.15) is 13.8 Å². The number of halogens is 2. The van der Waals surface area contributed by atoms with Crippen molar-refractivity contribution in [3.8, 4) is 11.6 Å². The summed E-state index contributed by atoms with van der Waals surface area (Å²) in [4.78, 5) is 4.08. The van der Waals surface area contributed by atoms with Crippen molar-refractivity contribution >= 4 is 12.6 Å². The maximum absolute atomic E-state index is 13.5. The molecule has 4 nitrogen and oxygen atoms in total. The first-order valence-corrected chi connectivity index (χ1v) is 6.98. The molecule has 1 fully saturated rings. The average Bonchev–Trinajstić information content (AvgIpc) is 2.77. The fourth-order valence-electron chi connectivity index (χ4n) is 2.03. The van der Waals surface area contributed by atoms with Crippen molar-refractivity contribution in [3.63, 3.8) is 0 Å². The van der Waals surface area contributed by atoms with E-state index in [1.54, 1.807) is 12.1 Å². The molecule has 118 valence electrons. The summed E-state index contributed by atoms with van der Waals surface area (Å²) in [6, 6.07) is 6.32. The standard InChI is InChI=1S/C16H14BF2NO3/c1-10-16(2,3)23-17(22-10)11-4-7-15(20-9-11)21-14-6-5-12(18)8-13(14)19/h4-9H,1H2,2-3H3. The zero-order valence-electron chi connectivity index (χ0n) is 12.7. The molecule has 0 saturated carbocycles. The lowest BCUT2D eigenvalue weighted by molar-refractivity contribution is 0.173. The van der Waals surface area contributed by atoms with Gasteiger partial charge in [-0.1, -0.05) is 12.6 Å². The van der Waals surface area contributed by atoms with Crippen molar-refractivity contribution < 1.29 is 22.8 Å². The quantitative estimate of drug-likeness (QED) is 0.815. The number of hydrogen-bond donors (Lipinski definition) is 0.